The van der Waals surface area contributed by atoms with E-state index >= 15 is 0 Å². The van der Waals surface area contributed by atoms with E-state index in [9.17, 15) is 31.1 Å². The summed E-state index contributed by atoms with van der Waals surface area (Å²) in [7, 11) is 0. The summed E-state index contributed by atoms with van der Waals surface area (Å²) in [5, 5.41) is 0. The quantitative estimate of drug-likeness (QED) is 0.111. The molecule has 0 bridgehead atoms. The first-order chi connectivity index (χ1) is 17.4. The fourth-order valence-electron chi connectivity index (χ4n) is 4.77. The second kappa shape index (κ2) is 11.6. The summed E-state index contributed by atoms with van der Waals surface area (Å²) in [6, 6.07) is 3.20. The van der Waals surface area contributed by atoms with E-state index in [1.54, 1.807) is 30.9 Å². The van der Waals surface area contributed by atoms with Gasteiger partial charge in [0.2, 0.25) is 0 Å². The van der Waals surface area contributed by atoms with Crippen molar-refractivity contribution in [3.63, 3.8) is 0 Å². The van der Waals surface area contributed by atoms with Crippen molar-refractivity contribution in [3.8, 4) is 0 Å². The average Bonchev–Trinajstić information content (AvgIpc) is 3.76. The molecule has 2 aliphatic rings. The van der Waals surface area contributed by atoms with Gasteiger partial charge in [-0.3, -0.25) is 15.0 Å². The fourth-order valence-corrected chi connectivity index (χ4v) is 4.77. The van der Waals surface area contributed by atoms with Crippen LogP contribution in [0.3, 0.4) is 0 Å². The van der Waals surface area contributed by atoms with Gasteiger partial charge < -0.3 is 11.2 Å². The van der Waals surface area contributed by atoms with E-state index in [-0.39, 0.29) is 32.1 Å². The molecular weight excluding hydrogens is 748 g/mol. The summed E-state index contributed by atoms with van der Waals surface area (Å²) in [6.45, 7) is 5.54. The summed E-state index contributed by atoms with van der Waals surface area (Å²) in [5.41, 5.74) is -1.85. The van der Waals surface area contributed by atoms with Crippen LogP contribution in [0.25, 0.3) is 0 Å². The topological polar surface area (TPSA) is 55.7 Å². The molecule has 4 nitrogen and oxygen atoms in total. The van der Waals surface area contributed by atoms with E-state index in [0.717, 1.165) is 12.0 Å². The van der Waals surface area contributed by atoms with Gasteiger partial charge in [0.25, 0.3) is 0 Å². The zero-order valence-electron chi connectivity index (χ0n) is 20.8. The second-order valence-corrected chi connectivity index (χ2v) is 9.65. The predicted molar refractivity (Wildman–Crippen MR) is 126 cm³/mol. The van der Waals surface area contributed by atoms with E-state index in [4.69, 9.17) is 0 Å². The van der Waals surface area contributed by atoms with Crippen molar-refractivity contribution in [2.45, 2.75) is 70.1 Å². The van der Waals surface area contributed by atoms with E-state index in [1.165, 1.54) is 18.5 Å². The smallest absolute Gasteiger partial charge is 0.319 e. The van der Waals surface area contributed by atoms with Crippen molar-refractivity contribution in [1.82, 2.24) is 15.0 Å². The molecular formula is C27H30EsF6N3O-. The number of aldehydes is 1. The molecule has 213 valence electrons. The van der Waals surface area contributed by atoms with Crippen molar-refractivity contribution in [2.75, 3.05) is 0 Å². The number of carbonyl (C=O) groups is 1. The van der Waals surface area contributed by atoms with Gasteiger partial charge >= 0.3 is 12.4 Å². The predicted octanol–water partition coefficient (Wildman–Crippen LogP) is 7.22. The Morgan fingerprint density at radius 1 is 1.00 bits per heavy atom. The molecule has 2 unspecified atom stereocenters. The van der Waals surface area contributed by atoms with Crippen molar-refractivity contribution in [2.24, 2.45) is 16.7 Å². The monoisotopic (exact) mass is 778 g/mol. The molecule has 2 aromatic rings. The number of allylic oxidation sites excluding steroid dienone is 1. The van der Waals surface area contributed by atoms with Crippen LogP contribution in [0, 0.1) is 23.2 Å². The third kappa shape index (κ3) is 6.31. The Morgan fingerprint density at radius 3 is 1.97 bits per heavy atom. The molecule has 11 heteroatoms. The number of hydrogen-bond acceptors (Lipinski definition) is 4. The van der Waals surface area contributed by atoms with Crippen LogP contribution < -0.4 is 0 Å². The van der Waals surface area contributed by atoms with E-state index in [1.807, 2.05) is 6.92 Å². The first-order valence-electron chi connectivity index (χ1n) is 12.2. The molecule has 2 atom stereocenters. The van der Waals surface area contributed by atoms with Gasteiger partial charge in [0.05, 0.1) is 5.41 Å². The number of aryl methyl sites for hydroxylation is 1. The summed E-state index contributed by atoms with van der Waals surface area (Å²) in [6.07, 6.45) is 3.01. The van der Waals surface area contributed by atoms with Crippen molar-refractivity contribution >= 4 is 6.29 Å². The van der Waals surface area contributed by atoms with Gasteiger partial charge in [-0.25, -0.2) is 0 Å². The number of pyridine rings is 1. The molecule has 0 amide bonds. The molecule has 2 heterocycles. The Bertz CT molecular complexity index is 1040. The molecule has 2 saturated carbocycles. The van der Waals surface area contributed by atoms with Crippen LogP contribution in [-0.2, 0) is 11.2 Å². The minimum Gasteiger partial charge on any atom is -0.319 e. The molecule has 2 aromatic heterocycles. The average molecular weight is 779 g/mol. The van der Waals surface area contributed by atoms with Crippen LogP contribution in [0.2, 0.25) is 0 Å². The van der Waals surface area contributed by atoms with Crippen molar-refractivity contribution < 1.29 is 31.1 Å². The molecule has 0 spiro atoms. The largest absolute Gasteiger partial charge is 0.395 e. The number of alkyl halides is 6. The van der Waals surface area contributed by atoms with Gasteiger partial charge in [0.15, 0.2) is 0 Å². The summed E-state index contributed by atoms with van der Waals surface area (Å²) in [5.74, 6) is -1.06. The van der Waals surface area contributed by atoms with Crippen molar-refractivity contribution in [1.29, 1.82) is 0 Å². The first-order valence-corrected chi connectivity index (χ1v) is 12.2. The van der Waals surface area contributed by atoms with Gasteiger partial charge in [-0.1, -0.05) is 25.5 Å². The van der Waals surface area contributed by atoms with Crippen molar-refractivity contribution in [3.05, 3.63) is 72.9 Å². The number of aromatic nitrogens is 3. The van der Waals surface area contributed by atoms with Gasteiger partial charge in [-0.2, -0.15) is 26.3 Å². The maximum absolute atomic E-state index is 13.2. The van der Waals surface area contributed by atoms with E-state index in [2.05, 4.69) is 21.5 Å². The molecule has 0 saturated heterocycles. The van der Waals surface area contributed by atoms with Crippen LogP contribution >= 0.6 is 0 Å². The number of nitrogens with zero attached hydrogens (tertiary/aromatic N) is 3. The van der Waals surface area contributed by atoms with Crippen LogP contribution in [-0.4, -0.2) is 33.6 Å². The fraction of sp³-hybridized carbons (Fsp3) is 0.519. The van der Waals surface area contributed by atoms with Gasteiger partial charge in [0, 0.05) is 42.5 Å². The standard InChI is InChI=1S/C15H18F3N2.C12H12F3NO.Es/c1-3-5-12(14(6-7-14)15(16,17)18)8-13-19-9-11(4-2)10-20-13;13-12(14,15)11(4-5-11)10(3-7-17)9-2-1-6-16-8-9;/h3,8-10,12H,1,4-7H2,2H3;1-2,6-8,10H,3-5H2;/q-1;;. The summed E-state index contributed by atoms with van der Waals surface area (Å²) >= 11 is 0. The number of halogens is 6. The Hall–Kier alpha value is -3.91. The number of rotatable bonds is 10. The zero-order chi connectivity index (χ0) is 27.3. The molecule has 4 rings (SSSR count). The molecule has 0 aromatic carbocycles. The molecule has 2 fully saturated rings. The maximum atomic E-state index is 13.2. The Labute approximate surface area is 212 Å². The van der Waals surface area contributed by atoms with Crippen LogP contribution in [0.15, 0.2) is 49.6 Å². The summed E-state index contributed by atoms with van der Waals surface area (Å²) < 4.78 is 78.6. The van der Waals surface area contributed by atoms with Crippen LogP contribution in [0.4, 0.5) is 26.3 Å². The van der Waals surface area contributed by atoms with Crippen LogP contribution in [0.5, 0.6) is 0 Å². The minimum atomic E-state index is -4.25. The van der Waals surface area contributed by atoms with Gasteiger partial charge in [-0.15, -0.1) is 12.5 Å². The summed E-state index contributed by atoms with van der Waals surface area (Å²) in [4.78, 5) is 22.7. The maximum Gasteiger partial charge on any atom is 0.395 e. The third-order valence-electron chi connectivity index (χ3n) is 7.41. The number of carbonyl (C=O) groups excluding carboxylic acids is 1. The molecule has 1 radical (unpaired) electrons. The SMILES string of the molecule is C=CCC([CH-]c1ncc(CC)cn1)C1(C(F)(F)F)CC1.O=CCC(c1cccnc1)C1(C(F)(F)F)CC1.[Es]. The Balaban J connectivity index is 0.000000263. The molecule has 0 aliphatic heterocycles. The third-order valence-corrected chi connectivity index (χ3v) is 7.41. The van der Waals surface area contributed by atoms with E-state index < -0.39 is 35.0 Å². The zero-order valence-corrected chi connectivity index (χ0v) is 23.3. The first kappa shape index (κ1) is 30.3. The molecule has 38 heavy (non-hydrogen) atoms. The Morgan fingerprint density at radius 2 is 1.58 bits per heavy atom. The molecule has 0 N–H and O–H groups in total. The second-order valence-electron chi connectivity index (χ2n) is 9.65. The Kier molecular flexibility index (Phi) is 9.29. The minimum absolute atomic E-state index is 0. The van der Waals surface area contributed by atoms with Gasteiger partial charge in [0.1, 0.15) is 6.29 Å². The van der Waals surface area contributed by atoms with Crippen LogP contribution in [0.1, 0.15) is 68.3 Å². The molecule has 2 aliphatic carbocycles. The van der Waals surface area contributed by atoms with Gasteiger partial charge in [-0.05, 0) is 55.1 Å². The normalized spacial score (nSPS) is 18.5. The van der Waals surface area contributed by atoms with E-state index in [0.29, 0.717) is 24.1 Å². The number of hydrogen-bond donors (Lipinski definition) is 0.